The van der Waals surface area contributed by atoms with Crippen molar-refractivity contribution in [2.45, 2.75) is 72.1 Å². The third kappa shape index (κ3) is 8.64. The van der Waals surface area contributed by atoms with Crippen LogP contribution < -0.4 is 10.6 Å². The van der Waals surface area contributed by atoms with E-state index < -0.39 is 35.6 Å². The maximum absolute atomic E-state index is 13.9. The van der Waals surface area contributed by atoms with Gasteiger partial charge in [0.15, 0.2) is 0 Å². The second kappa shape index (κ2) is 13.3. The summed E-state index contributed by atoms with van der Waals surface area (Å²) in [7, 11) is 0. The monoisotopic (exact) mass is 527 g/mol. The number of aryl methyl sites for hydroxylation is 1. The number of carbonyl (C=O) groups is 3. The van der Waals surface area contributed by atoms with Gasteiger partial charge in [0.2, 0.25) is 5.91 Å². The van der Waals surface area contributed by atoms with Crippen molar-refractivity contribution in [3.63, 3.8) is 0 Å². The number of benzene rings is 2. The third-order valence-electron chi connectivity index (χ3n) is 5.63. The van der Waals surface area contributed by atoms with Crippen LogP contribution in [-0.4, -0.2) is 41.0 Å². The van der Waals surface area contributed by atoms with E-state index in [4.69, 9.17) is 16.3 Å². The molecule has 0 spiro atoms. The van der Waals surface area contributed by atoms with Gasteiger partial charge in [0, 0.05) is 6.54 Å². The molecule has 0 fully saturated rings. The zero-order valence-electron chi connectivity index (χ0n) is 22.6. The molecule has 2 N–H and O–H groups in total. The average molecular weight is 528 g/mol. The first-order valence-corrected chi connectivity index (χ1v) is 12.8. The number of hydrogen-bond acceptors (Lipinski definition) is 4. The number of ether oxygens (including phenoxy) is 1. The molecule has 0 aromatic heterocycles. The Morgan fingerprint density at radius 1 is 1.16 bits per heavy atom. The van der Waals surface area contributed by atoms with Crippen molar-refractivity contribution in [2.24, 2.45) is 0 Å². The Morgan fingerprint density at radius 2 is 1.84 bits per heavy atom. The van der Waals surface area contributed by atoms with Crippen molar-refractivity contribution in [2.75, 3.05) is 11.9 Å². The second-order valence-corrected chi connectivity index (χ2v) is 10.4. The van der Waals surface area contributed by atoms with Gasteiger partial charge in [-0.1, -0.05) is 67.9 Å². The number of para-hydroxylation sites is 1. The van der Waals surface area contributed by atoms with Gasteiger partial charge in [0.25, 0.3) is 5.91 Å². The predicted molar refractivity (Wildman–Crippen MR) is 150 cm³/mol. The molecule has 0 aliphatic heterocycles. The molecule has 2 aromatic carbocycles. The first-order chi connectivity index (χ1) is 17.4. The molecule has 0 saturated carbocycles. The Bertz CT molecular complexity index is 1110. The molecule has 8 heteroatoms. The van der Waals surface area contributed by atoms with Crippen LogP contribution in [0.25, 0.3) is 6.08 Å². The molecule has 3 amide bonds. The molecule has 200 valence electrons. The number of nitrogens with zero attached hydrogens (tertiary/aromatic N) is 1. The minimum Gasteiger partial charge on any atom is -0.444 e. The fourth-order valence-corrected chi connectivity index (χ4v) is 4.07. The summed E-state index contributed by atoms with van der Waals surface area (Å²) in [4.78, 5) is 41.5. The van der Waals surface area contributed by atoms with Crippen molar-refractivity contribution in [1.29, 1.82) is 0 Å². The van der Waals surface area contributed by atoms with Gasteiger partial charge in [-0.25, -0.2) is 4.79 Å². The largest absolute Gasteiger partial charge is 0.444 e. The smallest absolute Gasteiger partial charge is 0.408 e. The predicted octanol–water partition coefficient (Wildman–Crippen LogP) is 6.51. The van der Waals surface area contributed by atoms with Gasteiger partial charge in [-0.3, -0.25) is 9.59 Å². The summed E-state index contributed by atoms with van der Waals surface area (Å²) in [6, 6.07) is 10.8. The lowest BCUT2D eigenvalue weighted by Gasteiger charge is -2.34. The summed E-state index contributed by atoms with van der Waals surface area (Å²) in [6.45, 7) is 14.8. The SMILES string of the molecule is C=Cc1cccc(C(C(=O)Nc2c(C)cccc2Cl)N(CCCC)C(=O)C(C)NC(=O)OC(C)(C)C)c1. The Morgan fingerprint density at radius 3 is 2.43 bits per heavy atom. The highest BCUT2D eigenvalue weighted by Gasteiger charge is 2.35. The number of carbonyl (C=O) groups excluding carboxylic acids is 3. The number of hydrogen-bond donors (Lipinski definition) is 2. The maximum Gasteiger partial charge on any atom is 0.408 e. The maximum atomic E-state index is 13.9. The highest BCUT2D eigenvalue weighted by molar-refractivity contribution is 6.34. The molecule has 2 atom stereocenters. The molecule has 2 unspecified atom stereocenters. The molecule has 0 radical (unpaired) electrons. The third-order valence-corrected chi connectivity index (χ3v) is 5.95. The van der Waals surface area contributed by atoms with Crippen molar-refractivity contribution < 1.29 is 19.1 Å². The molecular weight excluding hydrogens is 490 g/mol. The minimum atomic E-state index is -0.975. The molecule has 2 rings (SSSR count). The Hall–Kier alpha value is -3.32. The van der Waals surface area contributed by atoms with Gasteiger partial charge >= 0.3 is 6.09 Å². The Labute approximate surface area is 225 Å². The van der Waals surface area contributed by atoms with Crippen LogP contribution in [0.4, 0.5) is 10.5 Å². The quantitative estimate of drug-likeness (QED) is 0.368. The topological polar surface area (TPSA) is 87.7 Å². The molecule has 0 saturated heterocycles. The summed E-state index contributed by atoms with van der Waals surface area (Å²) in [5.41, 5.74) is 2.00. The van der Waals surface area contributed by atoms with Crippen LogP contribution in [0.3, 0.4) is 0 Å². The zero-order chi connectivity index (χ0) is 27.8. The van der Waals surface area contributed by atoms with Gasteiger partial charge in [0.1, 0.15) is 17.7 Å². The number of nitrogens with one attached hydrogen (secondary N) is 2. The van der Waals surface area contributed by atoms with Gasteiger partial charge < -0.3 is 20.3 Å². The van der Waals surface area contributed by atoms with Crippen LogP contribution in [0.2, 0.25) is 5.02 Å². The summed E-state index contributed by atoms with van der Waals surface area (Å²) < 4.78 is 5.32. The van der Waals surface area contributed by atoms with Crippen LogP contribution in [0.1, 0.15) is 70.2 Å². The lowest BCUT2D eigenvalue weighted by molar-refractivity contribution is -0.140. The van der Waals surface area contributed by atoms with Crippen LogP contribution in [0, 0.1) is 6.92 Å². The van der Waals surface area contributed by atoms with E-state index in [-0.39, 0.29) is 0 Å². The van der Waals surface area contributed by atoms with Gasteiger partial charge in [-0.2, -0.15) is 0 Å². The first-order valence-electron chi connectivity index (χ1n) is 12.5. The van der Waals surface area contributed by atoms with E-state index in [1.807, 2.05) is 38.1 Å². The molecule has 0 aliphatic rings. The first kappa shape index (κ1) is 29.9. The van der Waals surface area contributed by atoms with Crippen molar-refractivity contribution >= 4 is 41.3 Å². The minimum absolute atomic E-state index is 0.313. The fourth-order valence-electron chi connectivity index (χ4n) is 3.80. The van der Waals surface area contributed by atoms with E-state index in [1.165, 1.54) is 4.90 Å². The Kier molecular flexibility index (Phi) is 10.7. The molecule has 0 heterocycles. The number of amides is 3. The highest BCUT2D eigenvalue weighted by atomic mass is 35.5. The molecule has 0 aliphatic carbocycles. The summed E-state index contributed by atoms with van der Waals surface area (Å²) in [6.07, 6.45) is 2.45. The Balaban J connectivity index is 2.50. The second-order valence-electron chi connectivity index (χ2n) is 9.95. The molecule has 0 bridgehead atoms. The summed E-state index contributed by atoms with van der Waals surface area (Å²) in [5, 5.41) is 5.94. The van der Waals surface area contributed by atoms with E-state index in [2.05, 4.69) is 17.2 Å². The van der Waals surface area contributed by atoms with E-state index >= 15 is 0 Å². The van der Waals surface area contributed by atoms with Crippen LogP contribution in [0.5, 0.6) is 0 Å². The average Bonchev–Trinajstić information content (AvgIpc) is 2.82. The number of halogens is 1. The van der Waals surface area contributed by atoms with Gasteiger partial charge in [-0.05, 0) is 69.9 Å². The van der Waals surface area contributed by atoms with Crippen LogP contribution in [0.15, 0.2) is 49.0 Å². The summed E-state index contributed by atoms with van der Waals surface area (Å²) in [5.74, 6) is -0.814. The van der Waals surface area contributed by atoms with E-state index in [1.54, 1.807) is 52.0 Å². The van der Waals surface area contributed by atoms with E-state index in [0.717, 1.165) is 17.5 Å². The van der Waals surface area contributed by atoms with E-state index in [9.17, 15) is 14.4 Å². The molecule has 7 nitrogen and oxygen atoms in total. The lowest BCUT2D eigenvalue weighted by atomic mass is 9.99. The standard InChI is InChI=1S/C29H38ClN3O4/c1-8-10-17-33(27(35)20(4)31-28(36)37-29(5,6)7)25(22-15-12-14-21(9-2)18-22)26(34)32-24-19(3)13-11-16-23(24)30/h9,11-16,18,20,25H,2,8,10,17H2,1,3-7H3,(H,31,36)(H,32,34). The van der Waals surface area contributed by atoms with Gasteiger partial charge in [-0.15, -0.1) is 0 Å². The molecule has 2 aromatic rings. The molecular formula is C29H38ClN3O4. The van der Waals surface area contributed by atoms with Crippen LogP contribution >= 0.6 is 11.6 Å². The van der Waals surface area contributed by atoms with Gasteiger partial charge in [0.05, 0.1) is 10.7 Å². The number of unbranched alkanes of at least 4 members (excludes halogenated alkanes) is 1. The summed E-state index contributed by atoms with van der Waals surface area (Å²) >= 11 is 6.39. The van der Waals surface area contributed by atoms with Crippen molar-refractivity contribution in [3.8, 4) is 0 Å². The molecule has 37 heavy (non-hydrogen) atoms. The number of anilines is 1. The van der Waals surface area contributed by atoms with E-state index in [0.29, 0.717) is 29.2 Å². The fraction of sp³-hybridized carbons (Fsp3) is 0.414. The zero-order valence-corrected chi connectivity index (χ0v) is 23.3. The number of alkyl carbamates (subject to hydrolysis) is 1. The van der Waals surface area contributed by atoms with Crippen molar-refractivity contribution in [3.05, 3.63) is 70.8 Å². The highest BCUT2D eigenvalue weighted by Crippen LogP contribution is 2.30. The van der Waals surface area contributed by atoms with Crippen LogP contribution in [-0.2, 0) is 14.3 Å². The normalized spacial score (nSPS) is 12.7. The number of rotatable bonds is 10. The lowest BCUT2D eigenvalue weighted by Crippen LogP contribution is -2.51. The van der Waals surface area contributed by atoms with Crippen molar-refractivity contribution in [1.82, 2.24) is 10.2 Å².